The van der Waals surface area contributed by atoms with Gasteiger partial charge in [-0.15, -0.1) is 6.58 Å². The van der Waals surface area contributed by atoms with E-state index in [1.54, 1.807) is 6.08 Å². The minimum absolute atomic E-state index is 0.0977. The Labute approximate surface area is 206 Å². The molecule has 1 heterocycles. The number of rotatable bonds is 3. The summed E-state index contributed by atoms with van der Waals surface area (Å²) in [6.07, 6.45) is 0.941. The summed E-state index contributed by atoms with van der Waals surface area (Å²) >= 11 is 0. The number of ketones is 1. The highest BCUT2D eigenvalue weighted by Crippen LogP contribution is 2.67. The normalized spacial score (nSPS) is 43.9. The first-order valence-corrected chi connectivity index (χ1v) is 12.7. The number of aliphatic hydroxyl groups excluding tert-OH is 1. The summed E-state index contributed by atoms with van der Waals surface area (Å²) in [4.78, 5) is 38.6. The molecule has 196 valence electrons. The summed E-state index contributed by atoms with van der Waals surface area (Å²) in [5.41, 5.74) is -1.76. The number of nitrogens with one attached hydrogen (secondary N) is 1. The molecule has 2 bridgehead atoms. The number of ether oxygens (including phenoxy) is 4. The van der Waals surface area contributed by atoms with E-state index in [0.717, 1.165) is 19.3 Å². The van der Waals surface area contributed by atoms with E-state index in [1.807, 2.05) is 13.8 Å². The van der Waals surface area contributed by atoms with Gasteiger partial charge in [-0.1, -0.05) is 33.8 Å². The van der Waals surface area contributed by atoms with Crippen LogP contribution in [0.3, 0.4) is 0 Å². The van der Waals surface area contributed by atoms with Crippen molar-refractivity contribution in [2.24, 2.45) is 34.0 Å². The standard InChI is InChI=1S/C26H39NO8/c1-6-24(4)11-19(35-23(31)27-22(30)34-17-12-32-14-33-13-17)25(5)15(2)7-9-26(16(3)21(24)29)10-8-18(28)20(25)26/h6,15-17,19-21,29H,1,7-14H2,2-5H3,(H,27,30,31)/t15?,16-,19+,20-,21-,24+,25+,26-/m0/s1. The van der Waals surface area contributed by atoms with E-state index in [2.05, 4.69) is 25.7 Å². The van der Waals surface area contributed by atoms with E-state index in [1.165, 1.54) is 0 Å². The first kappa shape index (κ1) is 26.1. The predicted molar refractivity (Wildman–Crippen MR) is 125 cm³/mol. The van der Waals surface area contributed by atoms with Gasteiger partial charge >= 0.3 is 12.2 Å². The highest BCUT2D eigenvalue weighted by atomic mass is 16.7. The van der Waals surface area contributed by atoms with Crippen molar-refractivity contribution in [3.63, 3.8) is 0 Å². The van der Waals surface area contributed by atoms with Crippen LogP contribution in [0.15, 0.2) is 12.7 Å². The lowest BCUT2D eigenvalue weighted by atomic mass is 9.44. The fourth-order valence-corrected chi connectivity index (χ4v) is 7.46. The van der Waals surface area contributed by atoms with Crippen molar-refractivity contribution in [3.05, 3.63) is 12.7 Å². The first-order chi connectivity index (χ1) is 16.5. The molecular formula is C26H39NO8. The zero-order valence-electron chi connectivity index (χ0n) is 21.2. The molecular weight excluding hydrogens is 454 g/mol. The lowest BCUT2D eigenvalue weighted by Crippen LogP contribution is -2.63. The molecule has 2 N–H and O–H groups in total. The van der Waals surface area contributed by atoms with Crippen LogP contribution in [-0.4, -0.2) is 61.4 Å². The van der Waals surface area contributed by atoms with E-state index in [4.69, 9.17) is 18.9 Å². The number of carbonyl (C=O) groups excluding carboxylic acids is 3. The molecule has 4 rings (SSSR count). The highest BCUT2D eigenvalue weighted by Gasteiger charge is 2.68. The second-order valence-corrected chi connectivity index (χ2v) is 11.5. The van der Waals surface area contributed by atoms with Crippen LogP contribution in [0.25, 0.3) is 0 Å². The van der Waals surface area contributed by atoms with Gasteiger partial charge in [-0.2, -0.15) is 0 Å². The number of carbonyl (C=O) groups is 3. The molecule has 4 aliphatic rings. The fraction of sp³-hybridized carbons (Fsp3) is 0.808. The van der Waals surface area contributed by atoms with Crippen molar-refractivity contribution >= 4 is 18.0 Å². The Balaban J connectivity index is 1.62. The Morgan fingerprint density at radius 2 is 1.80 bits per heavy atom. The van der Waals surface area contributed by atoms with E-state index in [9.17, 15) is 19.5 Å². The Morgan fingerprint density at radius 3 is 2.46 bits per heavy atom. The van der Waals surface area contributed by atoms with Crippen molar-refractivity contribution < 1.29 is 38.4 Å². The van der Waals surface area contributed by atoms with E-state index < -0.39 is 41.3 Å². The summed E-state index contributed by atoms with van der Waals surface area (Å²) in [6.45, 7) is 12.6. The smallest absolute Gasteiger partial charge is 0.417 e. The average molecular weight is 494 g/mol. The van der Waals surface area contributed by atoms with Crippen molar-refractivity contribution in [3.8, 4) is 0 Å². The van der Waals surface area contributed by atoms with Gasteiger partial charge in [0, 0.05) is 23.2 Å². The Kier molecular flexibility index (Phi) is 7.07. The number of aliphatic hydroxyl groups is 1. The number of alkyl carbamates (subject to hydrolysis) is 2. The molecule has 1 unspecified atom stereocenters. The van der Waals surface area contributed by atoms with Crippen LogP contribution in [0.5, 0.6) is 0 Å². The molecule has 35 heavy (non-hydrogen) atoms. The topological polar surface area (TPSA) is 120 Å². The minimum atomic E-state index is -0.951. The summed E-state index contributed by atoms with van der Waals surface area (Å²) < 4.78 is 21.3. The van der Waals surface area contributed by atoms with Gasteiger partial charge in [-0.05, 0) is 42.9 Å². The number of hydrogen-bond donors (Lipinski definition) is 2. The Bertz CT molecular complexity index is 871. The summed E-state index contributed by atoms with van der Waals surface area (Å²) in [5, 5.41) is 13.7. The van der Waals surface area contributed by atoms with Gasteiger partial charge in [0.2, 0.25) is 0 Å². The zero-order chi connectivity index (χ0) is 25.6. The predicted octanol–water partition coefficient (Wildman–Crippen LogP) is 3.59. The van der Waals surface area contributed by atoms with Crippen molar-refractivity contribution in [1.29, 1.82) is 0 Å². The summed E-state index contributed by atoms with van der Waals surface area (Å²) in [7, 11) is 0. The molecule has 9 heteroatoms. The second kappa shape index (κ2) is 9.48. The Morgan fingerprint density at radius 1 is 1.14 bits per heavy atom. The van der Waals surface area contributed by atoms with Gasteiger partial charge in [0.05, 0.1) is 19.3 Å². The maximum atomic E-state index is 13.4. The van der Waals surface area contributed by atoms with E-state index >= 15 is 0 Å². The average Bonchev–Trinajstić information content (AvgIpc) is 3.18. The van der Waals surface area contributed by atoms with Crippen LogP contribution >= 0.6 is 0 Å². The van der Waals surface area contributed by atoms with Crippen LogP contribution in [0, 0.1) is 34.0 Å². The molecule has 1 saturated heterocycles. The van der Waals surface area contributed by atoms with Gasteiger partial charge in [0.1, 0.15) is 18.7 Å². The molecule has 3 saturated carbocycles. The molecule has 8 atom stereocenters. The SMILES string of the molecule is C=C[C@]1(C)C[C@@H](OC(=O)NC(=O)OC2COCOC2)[C@@]2(C)C(C)CC[C@]3(CCC(=O)[C@H]32)[C@@H](C)[C@@H]1O. The maximum absolute atomic E-state index is 13.4. The summed E-state index contributed by atoms with van der Waals surface area (Å²) in [5.74, 6) is -0.177. The largest absolute Gasteiger partial charge is 0.445 e. The molecule has 3 aliphatic carbocycles. The van der Waals surface area contributed by atoms with Crippen LogP contribution in [-0.2, 0) is 23.7 Å². The molecule has 9 nitrogen and oxygen atoms in total. The van der Waals surface area contributed by atoms with Gasteiger partial charge in [-0.3, -0.25) is 4.79 Å². The zero-order valence-corrected chi connectivity index (χ0v) is 21.2. The number of amides is 2. The maximum Gasteiger partial charge on any atom is 0.417 e. The monoisotopic (exact) mass is 493 g/mol. The van der Waals surface area contributed by atoms with Crippen LogP contribution in [0.1, 0.15) is 59.8 Å². The lowest BCUT2D eigenvalue weighted by molar-refractivity contribution is -0.191. The van der Waals surface area contributed by atoms with Gasteiger partial charge < -0.3 is 24.1 Å². The van der Waals surface area contributed by atoms with Crippen molar-refractivity contribution in [1.82, 2.24) is 5.32 Å². The minimum Gasteiger partial charge on any atom is -0.445 e. The third-order valence-electron chi connectivity index (χ3n) is 9.80. The van der Waals surface area contributed by atoms with Crippen LogP contribution < -0.4 is 5.32 Å². The fourth-order valence-electron chi connectivity index (χ4n) is 7.46. The number of hydrogen-bond acceptors (Lipinski definition) is 8. The van der Waals surface area contributed by atoms with E-state index in [0.29, 0.717) is 6.42 Å². The molecule has 4 fully saturated rings. The molecule has 2 amide bonds. The molecule has 1 aliphatic heterocycles. The summed E-state index contributed by atoms with van der Waals surface area (Å²) in [6, 6.07) is 0. The van der Waals surface area contributed by atoms with E-state index in [-0.39, 0.29) is 55.4 Å². The van der Waals surface area contributed by atoms with Crippen molar-refractivity contribution in [2.75, 3.05) is 20.0 Å². The van der Waals surface area contributed by atoms with Crippen LogP contribution in [0.4, 0.5) is 9.59 Å². The Hall–Kier alpha value is -1.97. The highest BCUT2D eigenvalue weighted by molar-refractivity contribution is 5.88. The second-order valence-electron chi connectivity index (χ2n) is 11.5. The third-order valence-corrected chi connectivity index (χ3v) is 9.80. The molecule has 0 spiro atoms. The van der Waals surface area contributed by atoms with Gasteiger partial charge in [-0.25, -0.2) is 14.9 Å². The van der Waals surface area contributed by atoms with Gasteiger partial charge in [0.25, 0.3) is 0 Å². The molecule has 0 aromatic rings. The molecule has 0 aromatic carbocycles. The molecule has 0 radical (unpaired) electrons. The first-order valence-electron chi connectivity index (χ1n) is 12.7. The van der Waals surface area contributed by atoms with Gasteiger partial charge in [0.15, 0.2) is 6.10 Å². The lowest BCUT2D eigenvalue weighted by Gasteiger charge is -2.61. The number of imide groups is 1. The number of Topliss-reactive ketones (excluding diaryl/α,β-unsaturated/α-hetero) is 1. The quantitative estimate of drug-likeness (QED) is 0.573. The van der Waals surface area contributed by atoms with Crippen LogP contribution in [0.2, 0.25) is 0 Å². The third kappa shape index (κ3) is 4.29. The van der Waals surface area contributed by atoms with Crippen molar-refractivity contribution in [2.45, 2.75) is 78.1 Å². The molecule has 0 aromatic heterocycles.